The van der Waals surface area contributed by atoms with Crippen LogP contribution < -0.4 is 0 Å². The van der Waals surface area contributed by atoms with E-state index in [1.54, 1.807) is 0 Å². The lowest BCUT2D eigenvalue weighted by Gasteiger charge is -2.09. The van der Waals surface area contributed by atoms with Crippen molar-refractivity contribution in [3.8, 4) is 11.8 Å². The molecule has 0 saturated carbocycles. The van der Waals surface area contributed by atoms with Gasteiger partial charge < -0.3 is 0 Å². The van der Waals surface area contributed by atoms with E-state index < -0.39 is 0 Å². The molecule has 0 N–H and O–H groups in total. The van der Waals surface area contributed by atoms with E-state index in [2.05, 4.69) is 35.0 Å². The molecule has 3 rings (SSSR count). The first-order chi connectivity index (χ1) is 9.92. The van der Waals surface area contributed by atoms with E-state index in [0.29, 0.717) is 0 Å². The van der Waals surface area contributed by atoms with Gasteiger partial charge in [0.25, 0.3) is 0 Å². The van der Waals surface area contributed by atoms with Crippen molar-refractivity contribution in [1.29, 1.82) is 0 Å². The monoisotopic (exact) mass is 257 g/mol. The van der Waals surface area contributed by atoms with Crippen molar-refractivity contribution >= 4 is 5.71 Å². The smallest absolute Gasteiger partial charge is 0.109 e. The molecule has 0 bridgehead atoms. The van der Waals surface area contributed by atoms with Crippen LogP contribution in [0, 0.1) is 11.8 Å². The lowest BCUT2D eigenvalue weighted by atomic mass is 10.0. The molecule has 1 heteroatoms. The largest absolute Gasteiger partial charge is 0.244 e. The lowest BCUT2D eigenvalue weighted by molar-refractivity contribution is 1.04. The van der Waals surface area contributed by atoms with Gasteiger partial charge in [-0.3, -0.25) is 0 Å². The number of nitrogens with zero attached hydrogens (tertiary/aromatic N) is 1. The van der Waals surface area contributed by atoms with Gasteiger partial charge in [0.05, 0.1) is 0 Å². The first kappa shape index (κ1) is 12.4. The average Bonchev–Trinajstić information content (AvgIpc) is 2.55. The van der Waals surface area contributed by atoms with E-state index in [-0.39, 0.29) is 0 Å². The predicted molar refractivity (Wildman–Crippen MR) is 83.6 cm³/mol. The van der Waals surface area contributed by atoms with E-state index in [9.17, 15) is 0 Å². The van der Waals surface area contributed by atoms with Gasteiger partial charge in [-0.2, -0.15) is 0 Å². The van der Waals surface area contributed by atoms with Crippen molar-refractivity contribution in [1.82, 2.24) is 0 Å². The third kappa shape index (κ3) is 3.05. The fourth-order valence-electron chi connectivity index (χ4n) is 2.17. The lowest BCUT2D eigenvalue weighted by Crippen LogP contribution is -2.04. The summed E-state index contributed by atoms with van der Waals surface area (Å²) in [5, 5.41) is 0. The Morgan fingerprint density at radius 2 is 1.50 bits per heavy atom. The summed E-state index contributed by atoms with van der Waals surface area (Å²) < 4.78 is 0. The van der Waals surface area contributed by atoms with Crippen LogP contribution in [0.25, 0.3) is 0 Å². The average molecular weight is 257 g/mol. The Hall–Kier alpha value is -2.59. The molecule has 1 heterocycles. The van der Waals surface area contributed by atoms with Gasteiger partial charge in [0.2, 0.25) is 0 Å². The molecule has 20 heavy (non-hydrogen) atoms. The molecule has 0 saturated heterocycles. The van der Waals surface area contributed by atoms with Gasteiger partial charge in [-0.15, -0.1) is 0 Å². The summed E-state index contributed by atoms with van der Waals surface area (Å²) in [5.41, 5.74) is 4.22. The maximum atomic E-state index is 4.67. The second-order valence-corrected chi connectivity index (χ2v) is 4.67. The fourth-order valence-corrected chi connectivity index (χ4v) is 2.17. The van der Waals surface area contributed by atoms with Crippen LogP contribution in [0.3, 0.4) is 0 Å². The van der Waals surface area contributed by atoms with Crippen LogP contribution in [0.4, 0.5) is 0 Å². The molecule has 96 valence electrons. The van der Waals surface area contributed by atoms with Crippen molar-refractivity contribution in [2.24, 2.45) is 4.99 Å². The van der Waals surface area contributed by atoms with Crippen LogP contribution in [0.5, 0.6) is 0 Å². The fraction of sp³-hybridized carbons (Fsp3) is 0.105. The summed E-state index contributed by atoms with van der Waals surface area (Å²) in [6, 6.07) is 20.3. The number of hydrogen-bond donors (Lipinski definition) is 0. The molecule has 1 aliphatic heterocycles. The van der Waals surface area contributed by atoms with Gasteiger partial charge in [-0.05, 0) is 42.5 Å². The number of allylic oxidation sites excluding steroid dienone is 2. The SMILES string of the molecule is C(#Cc1ccccc1)C1=CCCC(c2ccccc2)=N1. The van der Waals surface area contributed by atoms with E-state index in [4.69, 9.17) is 0 Å². The van der Waals surface area contributed by atoms with Crippen molar-refractivity contribution in [2.75, 3.05) is 0 Å². The molecule has 0 atom stereocenters. The van der Waals surface area contributed by atoms with E-state index in [1.807, 2.05) is 48.5 Å². The molecule has 0 aromatic heterocycles. The third-order valence-corrected chi connectivity index (χ3v) is 3.19. The van der Waals surface area contributed by atoms with Gasteiger partial charge in [-0.1, -0.05) is 54.5 Å². The number of hydrogen-bond acceptors (Lipinski definition) is 1. The minimum atomic E-state index is 0.874. The van der Waals surface area contributed by atoms with Crippen LogP contribution in [0.2, 0.25) is 0 Å². The molecule has 1 aliphatic rings. The molecule has 0 radical (unpaired) electrons. The highest BCUT2D eigenvalue weighted by Crippen LogP contribution is 2.15. The predicted octanol–water partition coefficient (Wildman–Crippen LogP) is 4.21. The Morgan fingerprint density at radius 1 is 0.800 bits per heavy atom. The molecular formula is C19H15N. The van der Waals surface area contributed by atoms with E-state index in [0.717, 1.165) is 29.8 Å². The van der Waals surface area contributed by atoms with Crippen molar-refractivity contribution in [3.05, 3.63) is 83.6 Å². The summed E-state index contributed by atoms with van der Waals surface area (Å²) in [7, 11) is 0. The van der Waals surface area contributed by atoms with Crippen molar-refractivity contribution in [2.45, 2.75) is 12.8 Å². The van der Waals surface area contributed by atoms with Gasteiger partial charge in [-0.25, -0.2) is 4.99 Å². The number of aliphatic imine (C=N–C) groups is 1. The van der Waals surface area contributed by atoms with Gasteiger partial charge in [0.1, 0.15) is 5.70 Å². The van der Waals surface area contributed by atoms with Gasteiger partial charge in [0, 0.05) is 11.3 Å². The summed E-state index contributed by atoms with van der Waals surface area (Å²) in [6.07, 6.45) is 4.11. The zero-order valence-electron chi connectivity index (χ0n) is 11.2. The molecule has 0 spiro atoms. The second-order valence-electron chi connectivity index (χ2n) is 4.67. The standard InChI is InChI=1S/C19H15N/c1-3-8-16(9-4-1)14-15-18-12-7-13-19(20-18)17-10-5-2-6-11-17/h1-6,8-12H,7,13H2. The summed E-state index contributed by atoms with van der Waals surface area (Å²) in [5.74, 6) is 6.32. The highest BCUT2D eigenvalue weighted by molar-refractivity contribution is 6.02. The molecule has 0 amide bonds. The highest BCUT2D eigenvalue weighted by Gasteiger charge is 2.07. The second kappa shape index (κ2) is 6.04. The Morgan fingerprint density at radius 3 is 2.25 bits per heavy atom. The first-order valence-corrected chi connectivity index (χ1v) is 6.82. The Balaban J connectivity index is 1.84. The molecule has 0 aliphatic carbocycles. The van der Waals surface area contributed by atoms with E-state index in [1.165, 1.54) is 5.56 Å². The zero-order chi connectivity index (χ0) is 13.6. The number of benzene rings is 2. The third-order valence-electron chi connectivity index (χ3n) is 3.19. The summed E-state index contributed by atoms with van der Waals surface area (Å²) in [6.45, 7) is 0. The molecule has 1 nitrogen and oxygen atoms in total. The molecule has 2 aromatic rings. The summed E-state index contributed by atoms with van der Waals surface area (Å²) >= 11 is 0. The minimum absolute atomic E-state index is 0.874. The normalized spacial score (nSPS) is 13.8. The maximum absolute atomic E-state index is 4.67. The molecule has 0 unspecified atom stereocenters. The topological polar surface area (TPSA) is 12.4 Å². The van der Waals surface area contributed by atoms with Crippen molar-refractivity contribution in [3.63, 3.8) is 0 Å². The van der Waals surface area contributed by atoms with Crippen LogP contribution >= 0.6 is 0 Å². The molecule has 0 fully saturated rings. The van der Waals surface area contributed by atoms with Crippen LogP contribution in [-0.2, 0) is 0 Å². The maximum Gasteiger partial charge on any atom is 0.109 e. The number of rotatable bonds is 1. The van der Waals surface area contributed by atoms with Crippen LogP contribution in [0.15, 0.2) is 77.4 Å². The minimum Gasteiger partial charge on any atom is -0.244 e. The Kier molecular flexibility index (Phi) is 3.76. The van der Waals surface area contributed by atoms with Crippen molar-refractivity contribution < 1.29 is 0 Å². The van der Waals surface area contributed by atoms with E-state index >= 15 is 0 Å². The highest BCUT2D eigenvalue weighted by atomic mass is 14.8. The summed E-state index contributed by atoms with van der Waals surface area (Å²) in [4.78, 5) is 4.67. The Bertz CT molecular complexity index is 698. The van der Waals surface area contributed by atoms with Gasteiger partial charge in [0.15, 0.2) is 0 Å². The first-order valence-electron chi connectivity index (χ1n) is 6.82. The van der Waals surface area contributed by atoms with Crippen LogP contribution in [0.1, 0.15) is 24.0 Å². The van der Waals surface area contributed by atoms with Gasteiger partial charge >= 0.3 is 0 Å². The zero-order valence-corrected chi connectivity index (χ0v) is 11.2. The quantitative estimate of drug-likeness (QED) is 0.679. The molecular weight excluding hydrogens is 242 g/mol. The van der Waals surface area contributed by atoms with Crippen LogP contribution in [-0.4, -0.2) is 5.71 Å². The molecule has 2 aromatic carbocycles. The Labute approximate surface area is 119 Å².